The van der Waals surface area contributed by atoms with Crippen LogP contribution in [0.3, 0.4) is 0 Å². The van der Waals surface area contributed by atoms with Crippen molar-refractivity contribution in [2.24, 2.45) is 34.5 Å². The molecule has 0 spiro atoms. The molecule has 4 aliphatic rings. The molecule has 0 aromatic heterocycles. The second-order valence-electron chi connectivity index (χ2n) is 12.2. The maximum atomic E-state index is 13.5. The van der Waals surface area contributed by atoms with Crippen molar-refractivity contribution < 1.29 is 9.90 Å². The van der Waals surface area contributed by atoms with Crippen molar-refractivity contribution >= 4 is 22.6 Å². The van der Waals surface area contributed by atoms with Crippen LogP contribution in [0.2, 0.25) is 0 Å². The third kappa shape index (κ3) is 3.44. The van der Waals surface area contributed by atoms with Crippen molar-refractivity contribution in [3.8, 4) is 0 Å². The van der Waals surface area contributed by atoms with Crippen LogP contribution >= 0.6 is 0 Å². The lowest BCUT2D eigenvalue weighted by Crippen LogP contribution is -2.50. The lowest BCUT2D eigenvalue weighted by atomic mass is 9.47. The van der Waals surface area contributed by atoms with Crippen LogP contribution in [-0.2, 0) is 4.79 Å². The predicted molar refractivity (Wildman–Crippen MR) is 139 cm³/mol. The van der Waals surface area contributed by atoms with Gasteiger partial charge in [0, 0.05) is 5.92 Å². The maximum Gasteiger partial charge on any atom is 0.159 e. The molecule has 6 rings (SSSR count). The number of carbonyl (C=O) groups is 1. The highest BCUT2D eigenvalue weighted by Gasteiger charge is 2.59. The van der Waals surface area contributed by atoms with Crippen molar-refractivity contribution in [2.75, 3.05) is 0 Å². The van der Waals surface area contributed by atoms with Gasteiger partial charge in [0.25, 0.3) is 0 Å². The van der Waals surface area contributed by atoms with E-state index in [1.165, 1.54) is 35.6 Å². The molecule has 34 heavy (non-hydrogen) atoms. The molecule has 1 N–H and O–H groups in total. The van der Waals surface area contributed by atoms with Crippen molar-refractivity contribution in [3.05, 3.63) is 65.8 Å². The van der Waals surface area contributed by atoms with Crippen LogP contribution in [0.4, 0.5) is 0 Å². The van der Waals surface area contributed by atoms with Crippen LogP contribution in [-0.4, -0.2) is 17.0 Å². The first-order valence-electron chi connectivity index (χ1n) is 13.5. The third-order valence-corrected chi connectivity index (χ3v) is 10.6. The number of fused-ring (bicyclic) bond motifs is 6. The number of allylic oxidation sites excluding steroid dienone is 2. The van der Waals surface area contributed by atoms with Gasteiger partial charge >= 0.3 is 0 Å². The fourth-order valence-corrected chi connectivity index (χ4v) is 8.72. The molecular formula is C32H38O2. The quantitative estimate of drug-likeness (QED) is 0.388. The lowest BCUT2D eigenvalue weighted by molar-refractivity contribution is -0.124. The Morgan fingerprint density at radius 2 is 1.79 bits per heavy atom. The van der Waals surface area contributed by atoms with E-state index < -0.39 is 0 Å². The summed E-state index contributed by atoms with van der Waals surface area (Å²) in [6, 6.07) is 14.8. The van der Waals surface area contributed by atoms with E-state index in [-0.39, 0.29) is 22.9 Å². The van der Waals surface area contributed by atoms with Gasteiger partial charge in [-0.1, -0.05) is 68.0 Å². The number of hydrogen-bond acceptors (Lipinski definition) is 2. The molecule has 178 valence electrons. The number of ketones is 1. The second kappa shape index (κ2) is 8.19. The van der Waals surface area contributed by atoms with Gasteiger partial charge < -0.3 is 5.11 Å². The van der Waals surface area contributed by atoms with Crippen molar-refractivity contribution in [3.63, 3.8) is 0 Å². The van der Waals surface area contributed by atoms with Crippen LogP contribution in [0.5, 0.6) is 0 Å². The van der Waals surface area contributed by atoms with Crippen LogP contribution < -0.4 is 0 Å². The summed E-state index contributed by atoms with van der Waals surface area (Å²) in [7, 11) is 0. The lowest BCUT2D eigenvalue weighted by Gasteiger charge is -2.57. The summed E-state index contributed by atoms with van der Waals surface area (Å²) >= 11 is 0. The van der Waals surface area contributed by atoms with Crippen LogP contribution in [0.15, 0.2) is 60.2 Å². The van der Waals surface area contributed by atoms with Crippen LogP contribution in [0.25, 0.3) is 16.8 Å². The van der Waals surface area contributed by atoms with E-state index in [0.29, 0.717) is 17.6 Å². The van der Waals surface area contributed by atoms with E-state index >= 15 is 0 Å². The highest BCUT2D eigenvalue weighted by atomic mass is 16.3. The Labute approximate surface area is 204 Å². The Hall–Kier alpha value is -2.19. The molecule has 0 saturated heterocycles. The normalized spacial score (nSPS) is 39.4. The smallest absolute Gasteiger partial charge is 0.159 e. The average molecular weight is 455 g/mol. The number of rotatable bonds is 3. The minimum absolute atomic E-state index is 0.127. The van der Waals surface area contributed by atoms with Crippen molar-refractivity contribution in [1.82, 2.24) is 0 Å². The summed E-state index contributed by atoms with van der Waals surface area (Å²) in [5.41, 5.74) is 3.02. The molecule has 2 aromatic carbocycles. The van der Waals surface area contributed by atoms with E-state index in [1.807, 2.05) is 12.2 Å². The summed E-state index contributed by atoms with van der Waals surface area (Å²) in [5, 5.41) is 12.7. The number of aliphatic hydroxyl groups is 1. The Kier molecular flexibility index (Phi) is 5.37. The second-order valence-corrected chi connectivity index (χ2v) is 12.2. The predicted octanol–water partition coefficient (Wildman–Crippen LogP) is 7.36. The van der Waals surface area contributed by atoms with Gasteiger partial charge in [0.15, 0.2) is 5.78 Å². The van der Waals surface area contributed by atoms with Gasteiger partial charge in [0.05, 0.1) is 6.10 Å². The maximum absolute atomic E-state index is 13.5. The van der Waals surface area contributed by atoms with Crippen LogP contribution in [0.1, 0.15) is 70.8 Å². The molecule has 7 atom stereocenters. The number of carbonyl (C=O) groups excluding carboxylic acids is 1. The Morgan fingerprint density at radius 3 is 2.65 bits per heavy atom. The Balaban J connectivity index is 1.21. The van der Waals surface area contributed by atoms with E-state index in [2.05, 4.69) is 62.4 Å². The van der Waals surface area contributed by atoms with E-state index in [0.717, 1.165) is 43.6 Å². The van der Waals surface area contributed by atoms with Gasteiger partial charge in [0.2, 0.25) is 0 Å². The van der Waals surface area contributed by atoms with Crippen molar-refractivity contribution in [1.29, 1.82) is 0 Å². The zero-order valence-electron chi connectivity index (χ0n) is 20.7. The molecule has 2 aromatic rings. The van der Waals surface area contributed by atoms with Gasteiger partial charge in [-0.25, -0.2) is 0 Å². The van der Waals surface area contributed by atoms with Gasteiger partial charge in [-0.05, 0) is 108 Å². The standard InChI is InChI=1S/C32H38O2/c1-31-17-15-25(33)20-24(31)10-11-26-27-12-13-29(32(27,2)18-16-28(26)31)30(34)14-8-21-7-9-22-5-3-4-6-23(22)19-21/h3-10,14,19,25-29,33H,11-13,15-18,20H2,1-2H3/b14-8+/t25-,26-,27-,28-,29+,31-,32-/m0/s1. The van der Waals surface area contributed by atoms with E-state index in [4.69, 9.17) is 0 Å². The molecule has 2 nitrogen and oxygen atoms in total. The van der Waals surface area contributed by atoms with Gasteiger partial charge in [-0.15, -0.1) is 0 Å². The average Bonchev–Trinajstić information content (AvgIpc) is 3.20. The van der Waals surface area contributed by atoms with Gasteiger partial charge in [0.1, 0.15) is 0 Å². The first kappa shape index (κ1) is 22.3. The minimum atomic E-state index is -0.146. The molecule has 0 aliphatic heterocycles. The SMILES string of the molecule is C[C@]12CC[C@H]3[C@@H](CC=C4C[C@@H](O)CC[C@@]43C)[C@@H]1CC[C@@H]2C(=O)/C=C/c1ccc2ccccc2c1. The summed E-state index contributed by atoms with van der Waals surface area (Å²) in [4.78, 5) is 13.5. The molecule has 0 amide bonds. The Bertz CT molecular complexity index is 1170. The zero-order valence-corrected chi connectivity index (χ0v) is 20.7. The highest BCUT2D eigenvalue weighted by molar-refractivity contribution is 5.96. The first-order chi connectivity index (χ1) is 16.4. The molecule has 3 saturated carbocycles. The molecule has 0 unspecified atom stereocenters. The number of benzene rings is 2. The topological polar surface area (TPSA) is 37.3 Å². The van der Waals surface area contributed by atoms with Crippen molar-refractivity contribution in [2.45, 2.75) is 71.3 Å². The molecular weight excluding hydrogens is 416 g/mol. The molecule has 2 heteroatoms. The number of hydrogen-bond donors (Lipinski definition) is 1. The monoisotopic (exact) mass is 454 g/mol. The fourth-order valence-electron chi connectivity index (χ4n) is 8.72. The molecule has 4 aliphatic carbocycles. The molecule has 0 bridgehead atoms. The minimum Gasteiger partial charge on any atom is -0.393 e. The van der Waals surface area contributed by atoms with Gasteiger partial charge in [-0.3, -0.25) is 4.79 Å². The zero-order chi connectivity index (χ0) is 23.5. The number of aliphatic hydroxyl groups excluding tert-OH is 1. The fraction of sp³-hybridized carbons (Fsp3) is 0.531. The summed E-state index contributed by atoms with van der Waals surface area (Å²) in [6.45, 7) is 4.91. The summed E-state index contributed by atoms with van der Waals surface area (Å²) in [6.07, 6.45) is 15.0. The van der Waals surface area contributed by atoms with Crippen LogP contribution in [0, 0.1) is 34.5 Å². The van der Waals surface area contributed by atoms with Gasteiger partial charge in [-0.2, -0.15) is 0 Å². The largest absolute Gasteiger partial charge is 0.393 e. The molecule has 0 heterocycles. The van der Waals surface area contributed by atoms with E-state index in [9.17, 15) is 9.90 Å². The molecule has 3 fully saturated rings. The summed E-state index contributed by atoms with van der Waals surface area (Å²) < 4.78 is 0. The highest BCUT2D eigenvalue weighted by Crippen LogP contribution is 2.66. The van der Waals surface area contributed by atoms with E-state index in [1.54, 1.807) is 0 Å². The summed E-state index contributed by atoms with van der Waals surface area (Å²) in [5.74, 6) is 2.55. The Morgan fingerprint density at radius 1 is 0.971 bits per heavy atom. The third-order valence-electron chi connectivity index (χ3n) is 10.6. The molecule has 0 radical (unpaired) electrons. The first-order valence-corrected chi connectivity index (χ1v) is 13.5.